The van der Waals surface area contributed by atoms with E-state index in [-0.39, 0.29) is 0 Å². The van der Waals surface area contributed by atoms with Crippen LogP contribution in [0.1, 0.15) is 25.6 Å². The minimum Gasteiger partial charge on any atom is -0.481 e. The summed E-state index contributed by atoms with van der Waals surface area (Å²) >= 11 is 0. The summed E-state index contributed by atoms with van der Waals surface area (Å²) in [5, 5.41) is 0. The van der Waals surface area contributed by atoms with Gasteiger partial charge in [-0.05, 0) is 18.8 Å². The molecule has 1 unspecified atom stereocenters. The molecule has 1 fully saturated rings. The summed E-state index contributed by atoms with van der Waals surface area (Å²) in [5.74, 6) is 2.42. The van der Waals surface area contributed by atoms with Crippen molar-refractivity contribution in [1.29, 1.82) is 0 Å². The maximum absolute atomic E-state index is 6.02. The monoisotopic (exact) mass is 263 g/mol. The van der Waals surface area contributed by atoms with Gasteiger partial charge in [0.1, 0.15) is 6.54 Å². The third kappa shape index (κ3) is 3.81. The Morgan fingerprint density at radius 2 is 2.47 bits per heavy atom. The lowest BCUT2D eigenvalue weighted by Gasteiger charge is -2.31. The van der Waals surface area contributed by atoms with Crippen LogP contribution >= 0.6 is 0 Å². The first-order valence-corrected chi connectivity index (χ1v) is 6.60. The fraction of sp³-hybridized carbons (Fsp3) is 0.615. The summed E-state index contributed by atoms with van der Waals surface area (Å²) in [6.45, 7) is 4.59. The number of piperidine rings is 1. The third-order valence-electron chi connectivity index (χ3n) is 3.25. The van der Waals surface area contributed by atoms with Gasteiger partial charge in [0.2, 0.25) is 5.88 Å². The number of aliphatic imine (C=N–C) groups is 1. The Hall–Kier alpha value is -1.85. The van der Waals surface area contributed by atoms with Gasteiger partial charge in [0, 0.05) is 25.4 Å². The summed E-state index contributed by atoms with van der Waals surface area (Å²) in [6, 6.07) is 1.71. The number of likely N-dealkylation sites (tertiary alicyclic amines) is 1. The van der Waals surface area contributed by atoms with E-state index in [1.54, 1.807) is 19.4 Å². The first kappa shape index (κ1) is 13.6. The van der Waals surface area contributed by atoms with Crippen molar-refractivity contribution in [3.63, 3.8) is 0 Å². The largest absolute Gasteiger partial charge is 0.481 e. The summed E-state index contributed by atoms with van der Waals surface area (Å²) in [7, 11) is 1.58. The number of nitrogens with zero attached hydrogens (tertiary/aromatic N) is 4. The normalized spacial score (nSPS) is 20.4. The van der Waals surface area contributed by atoms with E-state index in [0.717, 1.165) is 13.1 Å². The molecule has 6 heteroatoms. The van der Waals surface area contributed by atoms with Crippen molar-refractivity contribution < 1.29 is 4.74 Å². The van der Waals surface area contributed by atoms with Crippen LogP contribution in [0.2, 0.25) is 0 Å². The topological polar surface area (TPSA) is 76.6 Å². The molecular weight excluding hydrogens is 242 g/mol. The van der Waals surface area contributed by atoms with Gasteiger partial charge in [0.15, 0.2) is 11.8 Å². The molecule has 0 aromatic carbocycles. The lowest BCUT2D eigenvalue weighted by molar-refractivity contribution is 0.270. The van der Waals surface area contributed by atoms with Crippen LogP contribution in [0.3, 0.4) is 0 Å². The first-order chi connectivity index (χ1) is 9.19. The smallest absolute Gasteiger partial charge is 0.216 e. The Balaban J connectivity index is 1.96. The number of rotatable bonds is 3. The second-order valence-electron chi connectivity index (χ2n) is 4.88. The molecule has 0 aliphatic carbocycles. The molecule has 0 amide bonds. The number of aromatic nitrogens is 2. The minimum atomic E-state index is 0.383. The van der Waals surface area contributed by atoms with E-state index in [9.17, 15) is 0 Å². The second kappa shape index (κ2) is 6.36. The third-order valence-corrected chi connectivity index (χ3v) is 3.25. The number of hydrogen-bond acceptors (Lipinski definition) is 4. The molecular formula is C13H21N5O. The lowest BCUT2D eigenvalue weighted by atomic mass is 10.0. The van der Waals surface area contributed by atoms with Gasteiger partial charge in [-0.15, -0.1) is 0 Å². The van der Waals surface area contributed by atoms with Gasteiger partial charge in [-0.25, -0.2) is 9.98 Å². The summed E-state index contributed by atoms with van der Waals surface area (Å²) in [5.41, 5.74) is 6.02. The van der Waals surface area contributed by atoms with Crippen LogP contribution in [0.25, 0.3) is 0 Å². The van der Waals surface area contributed by atoms with Gasteiger partial charge in [-0.3, -0.25) is 0 Å². The van der Waals surface area contributed by atoms with Gasteiger partial charge in [0.25, 0.3) is 0 Å². The Morgan fingerprint density at radius 1 is 1.63 bits per heavy atom. The summed E-state index contributed by atoms with van der Waals surface area (Å²) in [6.07, 6.45) is 4.10. The second-order valence-corrected chi connectivity index (χ2v) is 4.88. The van der Waals surface area contributed by atoms with E-state index in [1.165, 1.54) is 12.8 Å². The highest BCUT2D eigenvalue weighted by Crippen LogP contribution is 2.15. The highest BCUT2D eigenvalue weighted by molar-refractivity contribution is 5.78. The van der Waals surface area contributed by atoms with Gasteiger partial charge < -0.3 is 15.4 Å². The molecule has 1 aromatic heterocycles. The van der Waals surface area contributed by atoms with Crippen LogP contribution < -0.4 is 10.5 Å². The Morgan fingerprint density at radius 3 is 3.21 bits per heavy atom. The van der Waals surface area contributed by atoms with Gasteiger partial charge in [-0.1, -0.05) is 6.92 Å². The first-order valence-electron chi connectivity index (χ1n) is 6.60. The van der Waals surface area contributed by atoms with Gasteiger partial charge in [0.05, 0.1) is 7.11 Å². The molecule has 0 spiro atoms. The van der Waals surface area contributed by atoms with Crippen molar-refractivity contribution in [3.8, 4) is 5.88 Å². The molecule has 0 bridgehead atoms. The van der Waals surface area contributed by atoms with Crippen molar-refractivity contribution in [2.45, 2.75) is 26.3 Å². The van der Waals surface area contributed by atoms with Crippen LogP contribution in [0.5, 0.6) is 5.88 Å². The SMILES string of the molecule is COc1ccnc(CN=C(N)N2CCCC(C)C2)n1. The maximum atomic E-state index is 6.02. The van der Waals surface area contributed by atoms with E-state index in [4.69, 9.17) is 10.5 Å². The standard InChI is InChI=1S/C13H21N5O/c1-10-4-3-7-18(9-10)13(14)16-8-11-15-6-5-12(17-11)19-2/h5-6,10H,3-4,7-9H2,1-2H3,(H2,14,16). The van der Waals surface area contributed by atoms with Crippen LogP contribution in [0.15, 0.2) is 17.3 Å². The molecule has 1 atom stereocenters. The van der Waals surface area contributed by atoms with Gasteiger partial charge >= 0.3 is 0 Å². The van der Waals surface area contributed by atoms with Crippen LogP contribution in [0.4, 0.5) is 0 Å². The van der Waals surface area contributed by atoms with E-state index in [0.29, 0.717) is 30.1 Å². The van der Waals surface area contributed by atoms with E-state index in [1.807, 2.05) is 0 Å². The quantitative estimate of drug-likeness (QED) is 0.651. The molecule has 1 aliphatic rings. The summed E-state index contributed by atoms with van der Waals surface area (Å²) in [4.78, 5) is 14.9. The van der Waals surface area contributed by atoms with Crippen LogP contribution in [0, 0.1) is 5.92 Å². The molecule has 1 aromatic rings. The molecule has 2 heterocycles. The van der Waals surface area contributed by atoms with Crippen molar-refractivity contribution in [2.24, 2.45) is 16.6 Å². The van der Waals surface area contributed by atoms with Crippen molar-refractivity contribution >= 4 is 5.96 Å². The molecule has 6 nitrogen and oxygen atoms in total. The molecule has 104 valence electrons. The predicted octanol–water partition coefficient (Wildman–Crippen LogP) is 1.03. The van der Waals surface area contributed by atoms with Crippen molar-refractivity contribution in [2.75, 3.05) is 20.2 Å². The average Bonchev–Trinajstić information content (AvgIpc) is 2.45. The molecule has 0 saturated carbocycles. The molecule has 1 saturated heterocycles. The van der Waals surface area contributed by atoms with Crippen LogP contribution in [-0.4, -0.2) is 41.0 Å². The summed E-state index contributed by atoms with van der Waals surface area (Å²) < 4.78 is 5.05. The fourth-order valence-electron chi connectivity index (χ4n) is 2.22. The Bertz CT molecular complexity index is 448. The maximum Gasteiger partial charge on any atom is 0.216 e. The fourth-order valence-corrected chi connectivity index (χ4v) is 2.22. The zero-order chi connectivity index (χ0) is 13.7. The molecule has 2 N–H and O–H groups in total. The van der Waals surface area contributed by atoms with E-state index >= 15 is 0 Å². The predicted molar refractivity (Wildman–Crippen MR) is 73.9 cm³/mol. The van der Waals surface area contributed by atoms with Crippen LogP contribution in [-0.2, 0) is 6.54 Å². The Labute approximate surface area is 113 Å². The highest BCUT2D eigenvalue weighted by Gasteiger charge is 2.17. The van der Waals surface area contributed by atoms with Crippen molar-refractivity contribution in [1.82, 2.24) is 14.9 Å². The number of ether oxygens (including phenoxy) is 1. The van der Waals surface area contributed by atoms with E-state index in [2.05, 4.69) is 26.8 Å². The Kier molecular flexibility index (Phi) is 4.54. The number of methoxy groups -OCH3 is 1. The highest BCUT2D eigenvalue weighted by atomic mass is 16.5. The van der Waals surface area contributed by atoms with Crippen molar-refractivity contribution in [3.05, 3.63) is 18.1 Å². The lowest BCUT2D eigenvalue weighted by Crippen LogP contribution is -2.43. The molecule has 19 heavy (non-hydrogen) atoms. The number of nitrogens with two attached hydrogens (primary N) is 1. The zero-order valence-corrected chi connectivity index (χ0v) is 11.5. The molecule has 2 rings (SSSR count). The molecule has 0 radical (unpaired) electrons. The van der Waals surface area contributed by atoms with Gasteiger partial charge in [-0.2, -0.15) is 4.98 Å². The average molecular weight is 263 g/mol. The number of hydrogen-bond donors (Lipinski definition) is 1. The van der Waals surface area contributed by atoms with E-state index < -0.39 is 0 Å². The minimum absolute atomic E-state index is 0.383. The number of guanidine groups is 1. The zero-order valence-electron chi connectivity index (χ0n) is 11.5. The molecule has 1 aliphatic heterocycles.